The quantitative estimate of drug-likeness (QED) is 0.896. The average molecular weight is 277 g/mol. The zero-order valence-electron chi connectivity index (χ0n) is 12.4. The molecule has 3 heteroatoms. The highest BCUT2D eigenvalue weighted by Gasteiger charge is 2.25. The fraction of sp³-hybridized carbons (Fsp3) is 0.222. The van der Waals surface area contributed by atoms with Gasteiger partial charge in [0.15, 0.2) is 0 Å². The molecule has 1 unspecified atom stereocenters. The van der Waals surface area contributed by atoms with Crippen molar-refractivity contribution in [3.8, 4) is 0 Å². The molecule has 21 heavy (non-hydrogen) atoms. The molecular formula is C18H19N3. The van der Waals surface area contributed by atoms with E-state index in [1.54, 1.807) is 0 Å². The van der Waals surface area contributed by atoms with Gasteiger partial charge < -0.3 is 5.73 Å². The molecule has 0 bridgehead atoms. The van der Waals surface area contributed by atoms with Crippen LogP contribution in [0.4, 0.5) is 0 Å². The molecule has 0 radical (unpaired) electrons. The molecule has 1 aliphatic rings. The molecule has 0 aromatic heterocycles. The Morgan fingerprint density at radius 3 is 2.52 bits per heavy atom. The van der Waals surface area contributed by atoms with Gasteiger partial charge in [-0.25, -0.2) is 0 Å². The van der Waals surface area contributed by atoms with Crippen LogP contribution < -0.4 is 5.73 Å². The Kier molecular flexibility index (Phi) is 3.57. The first-order valence-corrected chi connectivity index (χ1v) is 7.17. The lowest BCUT2D eigenvalue weighted by Gasteiger charge is -2.23. The molecule has 0 amide bonds. The van der Waals surface area contributed by atoms with Crippen molar-refractivity contribution in [2.45, 2.75) is 26.2 Å². The third kappa shape index (κ3) is 2.72. The van der Waals surface area contributed by atoms with Crippen molar-refractivity contribution in [1.29, 1.82) is 0 Å². The van der Waals surface area contributed by atoms with Crippen molar-refractivity contribution in [3.63, 3.8) is 0 Å². The number of nitrogens with two attached hydrogens (primary N) is 1. The van der Waals surface area contributed by atoms with Gasteiger partial charge in [0, 0.05) is 17.9 Å². The van der Waals surface area contributed by atoms with Gasteiger partial charge in [0.25, 0.3) is 0 Å². The normalized spacial score (nSPS) is 18.1. The summed E-state index contributed by atoms with van der Waals surface area (Å²) in [6.45, 7) is 4.21. The zero-order chi connectivity index (χ0) is 14.8. The van der Waals surface area contributed by atoms with E-state index >= 15 is 0 Å². The zero-order valence-corrected chi connectivity index (χ0v) is 12.4. The number of rotatable bonds is 2. The third-order valence-electron chi connectivity index (χ3n) is 3.90. The second-order valence-electron chi connectivity index (χ2n) is 5.56. The first kappa shape index (κ1) is 13.6. The molecule has 0 spiro atoms. The highest BCUT2D eigenvalue weighted by Crippen LogP contribution is 2.29. The molecule has 1 heterocycles. The Hall–Kier alpha value is -2.42. The van der Waals surface area contributed by atoms with Crippen LogP contribution >= 0.6 is 0 Å². The van der Waals surface area contributed by atoms with E-state index in [9.17, 15) is 0 Å². The Balaban J connectivity index is 2.11. The fourth-order valence-electron chi connectivity index (χ4n) is 2.75. The lowest BCUT2D eigenvalue weighted by atomic mass is 9.84. The van der Waals surface area contributed by atoms with E-state index in [2.05, 4.69) is 66.5 Å². The molecule has 2 aromatic rings. The van der Waals surface area contributed by atoms with E-state index < -0.39 is 0 Å². The first-order valence-electron chi connectivity index (χ1n) is 7.17. The second kappa shape index (κ2) is 5.52. The number of hydrogen-bond acceptors (Lipinski definition) is 3. The van der Waals surface area contributed by atoms with Gasteiger partial charge in [0.2, 0.25) is 0 Å². The van der Waals surface area contributed by atoms with Gasteiger partial charge >= 0.3 is 0 Å². The Bertz CT molecular complexity index is 714. The maximum absolute atomic E-state index is 5.91. The summed E-state index contributed by atoms with van der Waals surface area (Å²) in [5, 5.41) is 8.54. The van der Waals surface area contributed by atoms with E-state index in [0.29, 0.717) is 5.84 Å². The van der Waals surface area contributed by atoms with E-state index in [1.165, 1.54) is 22.3 Å². The Labute approximate surface area is 125 Å². The highest BCUT2D eigenvalue weighted by molar-refractivity contribution is 6.09. The van der Waals surface area contributed by atoms with E-state index in [0.717, 1.165) is 12.1 Å². The minimum Gasteiger partial charge on any atom is -0.386 e. The molecule has 3 nitrogen and oxygen atoms in total. The summed E-state index contributed by atoms with van der Waals surface area (Å²) in [5.74, 6) is 0.766. The van der Waals surface area contributed by atoms with Crippen molar-refractivity contribution < 1.29 is 0 Å². The molecule has 0 saturated heterocycles. The topological polar surface area (TPSA) is 50.7 Å². The molecule has 1 aliphatic heterocycles. The Morgan fingerprint density at radius 2 is 1.76 bits per heavy atom. The average Bonchev–Trinajstić information content (AvgIpc) is 2.51. The number of amidine groups is 1. The van der Waals surface area contributed by atoms with Crippen LogP contribution in [-0.2, 0) is 0 Å². The Morgan fingerprint density at radius 1 is 1.00 bits per heavy atom. The van der Waals surface area contributed by atoms with Gasteiger partial charge in [-0.1, -0.05) is 48.0 Å². The van der Waals surface area contributed by atoms with Crippen LogP contribution in [0.25, 0.3) is 0 Å². The summed E-state index contributed by atoms with van der Waals surface area (Å²) < 4.78 is 0. The summed E-state index contributed by atoms with van der Waals surface area (Å²) in [7, 11) is 0. The summed E-state index contributed by atoms with van der Waals surface area (Å²) >= 11 is 0. The van der Waals surface area contributed by atoms with Gasteiger partial charge in [-0.15, -0.1) is 5.10 Å². The first-order chi connectivity index (χ1) is 10.1. The summed E-state index contributed by atoms with van der Waals surface area (Å²) in [4.78, 5) is 0. The van der Waals surface area contributed by atoms with Gasteiger partial charge in [0.1, 0.15) is 5.84 Å². The summed E-state index contributed by atoms with van der Waals surface area (Å²) in [5.41, 5.74) is 11.8. The molecular weight excluding hydrogens is 258 g/mol. The number of nitrogens with zero attached hydrogens (tertiary/aromatic N) is 2. The van der Waals surface area contributed by atoms with Gasteiger partial charge in [-0.05, 0) is 31.0 Å². The van der Waals surface area contributed by atoms with Crippen LogP contribution in [0.15, 0.2) is 58.7 Å². The molecule has 2 aromatic carbocycles. The molecule has 0 aliphatic carbocycles. The lowest BCUT2D eigenvalue weighted by molar-refractivity contribution is 0.885. The maximum atomic E-state index is 5.91. The smallest absolute Gasteiger partial charge is 0.123 e. The van der Waals surface area contributed by atoms with E-state index in [-0.39, 0.29) is 5.92 Å². The maximum Gasteiger partial charge on any atom is 0.123 e. The highest BCUT2D eigenvalue weighted by atomic mass is 15.2. The van der Waals surface area contributed by atoms with Crippen molar-refractivity contribution in [3.05, 3.63) is 70.8 Å². The minimum absolute atomic E-state index is 0.171. The predicted octanol–water partition coefficient (Wildman–Crippen LogP) is 3.55. The molecule has 106 valence electrons. The predicted molar refractivity (Wildman–Crippen MR) is 87.9 cm³/mol. The standard InChI is InChI=1S/C18H19N3/c1-12-8-9-13(2)15(10-12)18-16(11-17(19)20-21-18)14-6-4-3-5-7-14/h3-10,16H,11H2,1-2H3,(H2,19,20). The van der Waals surface area contributed by atoms with E-state index in [1.807, 2.05) is 6.07 Å². The molecule has 1 atom stereocenters. The number of hydrogen-bond donors (Lipinski definition) is 1. The van der Waals surface area contributed by atoms with Gasteiger partial charge in [0.05, 0.1) is 5.71 Å². The molecule has 0 fully saturated rings. The van der Waals surface area contributed by atoms with Gasteiger partial charge in [-0.3, -0.25) is 0 Å². The minimum atomic E-state index is 0.171. The fourth-order valence-corrected chi connectivity index (χ4v) is 2.75. The van der Waals surface area contributed by atoms with Crippen molar-refractivity contribution >= 4 is 11.5 Å². The van der Waals surface area contributed by atoms with Crippen LogP contribution in [0.3, 0.4) is 0 Å². The van der Waals surface area contributed by atoms with Crippen LogP contribution in [0.1, 0.15) is 34.6 Å². The van der Waals surface area contributed by atoms with Crippen molar-refractivity contribution in [2.24, 2.45) is 15.9 Å². The van der Waals surface area contributed by atoms with Crippen molar-refractivity contribution in [1.82, 2.24) is 0 Å². The van der Waals surface area contributed by atoms with Crippen LogP contribution in [0, 0.1) is 13.8 Å². The number of aryl methyl sites for hydroxylation is 2. The molecule has 3 rings (SSSR count). The van der Waals surface area contributed by atoms with Crippen LogP contribution in [0.5, 0.6) is 0 Å². The largest absolute Gasteiger partial charge is 0.386 e. The van der Waals surface area contributed by atoms with Crippen molar-refractivity contribution in [2.75, 3.05) is 0 Å². The van der Waals surface area contributed by atoms with E-state index in [4.69, 9.17) is 5.73 Å². The molecule has 2 N–H and O–H groups in total. The summed E-state index contributed by atoms with van der Waals surface area (Å²) in [6, 6.07) is 16.8. The summed E-state index contributed by atoms with van der Waals surface area (Å²) in [6.07, 6.45) is 0.718. The third-order valence-corrected chi connectivity index (χ3v) is 3.90. The van der Waals surface area contributed by atoms with Gasteiger partial charge in [-0.2, -0.15) is 5.10 Å². The second-order valence-corrected chi connectivity index (χ2v) is 5.56. The number of benzene rings is 2. The SMILES string of the molecule is Cc1ccc(C)c(C2=NN=C(N)CC2c2ccccc2)c1. The molecule has 0 saturated carbocycles. The lowest BCUT2D eigenvalue weighted by Crippen LogP contribution is -2.26. The van der Waals surface area contributed by atoms with Crippen LogP contribution in [-0.4, -0.2) is 11.5 Å². The van der Waals surface area contributed by atoms with Crippen LogP contribution in [0.2, 0.25) is 0 Å². The monoisotopic (exact) mass is 277 g/mol.